The third-order valence-electron chi connectivity index (χ3n) is 7.31. The van der Waals surface area contributed by atoms with Crippen LogP contribution < -0.4 is 10.6 Å². The number of benzene rings is 1. The fourth-order valence-electron chi connectivity index (χ4n) is 5.68. The van der Waals surface area contributed by atoms with Gasteiger partial charge in [-0.3, -0.25) is 24.4 Å². The van der Waals surface area contributed by atoms with Crippen molar-refractivity contribution >= 4 is 17.8 Å². The predicted octanol–water partition coefficient (Wildman–Crippen LogP) is 2.04. The van der Waals surface area contributed by atoms with Crippen LogP contribution in [0.3, 0.4) is 0 Å². The smallest absolute Gasteiger partial charge is 0.233 e. The highest BCUT2D eigenvalue weighted by atomic mass is 16.2. The van der Waals surface area contributed by atoms with E-state index in [1.54, 1.807) is 7.05 Å². The minimum Gasteiger partial charge on any atom is -0.355 e. The summed E-state index contributed by atoms with van der Waals surface area (Å²) in [6.45, 7) is 7.85. The van der Waals surface area contributed by atoms with Gasteiger partial charge in [-0.05, 0) is 36.9 Å². The van der Waals surface area contributed by atoms with Gasteiger partial charge in [-0.1, -0.05) is 56.3 Å². The molecule has 1 saturated heterocycles. The zero-order valence-electron chi connectivity index (χ0n) is 19.3. The second-order valence-electron chi connectivity index (χ2n) is 8.86. The van der Waals surface area contributed by atoms with Crippen LogP contribution in [-0.2, 0) is 9.59 Å². The maximum absolute atomic E-state index is 12.8. The number of likely N-dealkylation sites (N-methyl/N-ethyl adjacent to an activating group) is 1. The van der Waals surface area contributed by atoms with Gasteiger partial charge in [-0.2, -0.15) is 0 Å². The van der Waals surface area contributed by atoms with Crippen LogP contribution in [0, 0.1) is 23.7 Å². The second kappa shape index (κ2) is 9.86. The third kappa shape index (κ3) is 4.18. The number of nitrogens with zero attached hydrogens (tertiary/aromatic N) is 3. The van der Waals surface area contributed by atoms with Crippen molar-refractivity contribution in [1.82, 2.24) is 20.4 Å². The lowest BCUT2D eigenvalue weighted by Crippen LogP contribution is -2.46. The normalized spacial score (nSPS) is 27.4. The predicted molar refractivity (Wildman–Crippen MR) is 126 cm³/mol. The number of carbonyl (C=O) groups is 2. The molecule has 0 spiro atoms. The van der Waals surface area contributed by atoms with E-state index in [4.69, 9.17) is 0 Å². The first-order valence-corrected chi connectivity index (χ1v) is 11.9. The Kier molecular flexibility index (Phi) is 6.94. The van der Waals surface area contributed by atoms with Crippen molar-refractivity contribution in [3.05, 3.63) is 48.0 Å². The molecule has 1 aromatic rings. The molecule has 5 atom stereocenters. The summed E-state index contributed by atoms with van der Waals surface area (Å²) in [5, 5.41) is 6.71. The molecule has 1 heterocycles. The molecule has 172 valence electrons. The summed E-state index contributed by atoms with van der Waals surface area (Å²) in [7, 11) is 1.74. The SMILES string of the molecule is CCN(CC)C(CNC(=NC)NCCN1C(=O)C2C3C=CC(C3)C2C1=O)c1ccccc1. The van der Waals surface area contributed by atoms with E-state index >= 15 is 0 Å². The molecule has 2 N–H and O–H groups in total. The van der Waals surface area contributed by atoms with Crippen molar-refractivity contribution < 1.29 is 9.59 Å². The molecule has 7 heteroatoms. The topological polar surface area (TPSA) is 77.0 Å². The van der Waals surface area contributed by atoms with Crippen molar-refractivity contribution in [2.24, 2.45) is 28.7 Å². The van der Waals surface area contributed by atoms with E-state index in [0.29, 0.717) is 25.6 Å². The van der Waals surface area contributed by atoms with Crippen LogP contribution in [0.4, 0.5) is 0 Å². The average molecular weight is 438 g/mol. The van der Waals surface area contributed by atoms with Crippen LogP contribution in [0.25, 0.3) is 0 Å². The standard InChI is InChI=1S/C25H35N5O2/c1-4-29(5-2)20(17-9-7-6-8-10-17)16-28-25(26-3)27-13-14-30-23(31)21-18-11-12-19(15-18)22(21)24(30)32/h6-12,18-22H,4-5,13-16H2,1-3H3,(H2,26,27,28). The van der Waals surface area contributed by atoms with Crippen LogP contribution in [0.5, 0.6) is 0 Å². The first-order valence-electron chi connectivity index (χ1n) is 11.9. The number of carbonyl (C=O) groups excluding carboxylic acids is 2. The molecule has 1 aromatic carbocycles. The Bertz CT molecular complexity index is 850. The van der Waals surface area contributed by atoms with Gasteiger partial charge < -0.3 is 10.6 Å². The van der Waals surface area contributed by atoms with E-state index in [-0.39, 0.29) is 41.5 Å². The molecular weight excluding hydrogens is 402 g/mol. The Hall–Kier alpha value is -2.67. The minimum absolute atomic E-state index is 0.00673. The molecule has 1 aliphatic heterocycles. The Morgan fingerprint density at radius 1 is 1.06 bits per heavy atom. The lowest BCUT2D eigenvalue weighted by atomic mass is 9.85. The van der Waals surface area contributed by atoms with Crippen LogP contribution in [0.2, 0.25) is 0 Å². The Morgan fingerprint density at radius 3 is 2.25 bits per heavy atom. The van der Waals surface area contributed by atoms with Crippen LogP contribution in [-0.4, -0.2) is 67.3 Å². The van der Waals surface area contributed by atoms with Crippen molar-refractivity contribution in [2.45, 2.75) is 26.3 Å². The highest BCUT2D eigenvalue weighted by Crippen LogP contribution is 2.52. The summed E-state index contributed by atoms with van der Waals surface area (Å²) in [4.78, 5) is 33.9. The second-order valence-corrected chi connectivity index (χ2v) is 8.86. The number of hydrogen-bond acceptors (Lipinski definition) is 4. The van der Waals surface area contributed by atoms with Crippen molar-refractivity contribution in [3.8, 4) is 0 Å². The molecule has 4 rings (SSSR count). The van der Waals surface area contributed by atoms with Gasteiger partial charge in [-0.25, -0.2) is 0 Å². The van der Waals surface area contributed by atoms with Crippen LogP contribution >= 0.6 is 0 Å². The molecule has 7 nitrogen and oxygen atoms in total. The summed E-state index contributed by atoms with van der Waals surface area (Å²) < 4.78 is 0. The number of nitrogens with one attached hydrogen (secondary N) is 2. The number of amides is 2. The molecule has 1 saturated carbocycles. The lowest BCUT2D eigenvalue weighted by Gasteiger charge is -2.31. The molecule has 2 amide bonds. The Labute approximate surface area is 190 Å². The van der Waals surface area contributed by atoms with Crippen molar-refractivity contribution in [3.63, 3.8) is 0 Å². The fraction of sp³-hybridized carbons (Fsp3) is 0.560. The molecule has 0 aromatic heterocycles. The van der Waals surface area contributed by atoms with Gasteiger partial charge in [0.2, 0.25) is 11.8 Å². The number of likely N-dealkylation sites (tertiary alicyclic amines) is 1. The van der Waals surface area contributed by atoms with E-state index in [2.05, 4.69) is 70.8 Å². The van der Waals surface area contributed by atoms with Crippen molar-refractivity contribution in [1.29, 1.82) is 0 Å². The van der Waals surface area contributed by atoms with E-state index in [1.807, 2.05) is 6.07 Å². The number of guanidine groups is 1. The summed E-state index contributed by atoms with van der Waals surface area (Å²) in [5.74, 6) is 0.942. The molecule has 0 radical (unpaired) electrons. The molecule has 32 heavy (non-hydrogen) atoms. The number of allylic oxidation sites excluding steroid dienone is 2. The summed E-state index contributed by atoms with van der Waals surface area (Å²) >= 11 is 0. The van der Waals surface area contributed by atoms with E-state index in [1.165, 1.54) is 10.5 Å². The fourth-order valence-corrected chi connectivity index (χ4v) is 5.68. The number of imide groups is 1. The lowest BCUT2D eigenvalue weighted by molar-refractivity contribution is -0.140. The van der Waals surface area contributed by atoms with E-state index in [0.717, 1.165) is 19.5 Å². The van der Waals surface area contributed by atoms with Gasteiger partial charge in [0, 0.05) is 26.7 Å². The number of fused-ring (bicyclic) bond motifs is 5. The largest absolute Gasteiger partial charge is 0.355 e. The van der Waals surface area contributed by atoms with Gasteiger partial charge in [0.05, 0.1) is 17.9 Å². The van der Waals surface area contributed by atoms with E-state index < -0.39 is 0 Å². The molecule has 2 fully saturated rings. The maximum Gasteiger partial charge on any atom is 0.233 e. The number of rotatable bonds is 9. The first-order chi connectivity index (χ1) is 15.6. The summed E-state index contributed by atoms with van der Waals surface area (Å²) in [6.07, 6.45) is 5.22. The highest BCUT2D eigenvalue weighted by molar-refractivity contribution is 6.06. The quantitative estimate of drug-likeness (QED) is 0.268. The number of aliphatic imine (C=N–C) groups is 1. The summed E-state index contributed by atoms with van der Waals surface area (Å²) in [6, 6.07) is 10.7. The molecular formula is C25H35N5O2. The molecule has 3 aliphatic rings. The monoisotopic (exact) mass is 437 g/mol. The van der Waals surface area contributed by atoms with E-state index in [9.17, 15) is 9.59 Å². The first kappa shape index (κ1) is 22.5. The maximum atomic E-state index is 12.8. The average Bonchev–Trinajstić information content (AvgIpc) is 3.50. The highest BCUT2D eigenvalue weighted by Gasteiger charge is 2.58. The zero-order valence-corrected chi connectivity index (χ0v) is 19.3. The molecule has 2 bridgehead atoms. The van der Waals surface area contributed by atoms with Gasteiger partial charge in [0.1, 0.15) is 0 Å². The van der Waals surface area contributed by atoms with Gasteiger partial charge in [0.25, 0.3) is 0 Å². The minimum atomic E-state index is -0.129. The van der Waals surface area contributed by atoms with Crippen LogP contribution in [0.1, 0.15) is 31.9 Å². The summed E-state index contributed by atoms with van der Waals surface area (Å²) in [5.41, 5.74) is 1.27. The van der Waals surface area contributed by atoms with Crippen molar-refractivity contribution in [2.75, 3.05) is 39.8 Å². The molecule has 2 aliphatic carbocycles. The van der Waals surface area contributed by atoms with Crippen LogP contribution in [0.15, 0.2) is 47.5 Å². The number of hydrogen-bond donors (Lipinski definition) is 2. The van der Waals surface area contributed by atoms with Gasteiger partial charge >= 0.3 is 0 Å². The zero-order chi connectivity index (χ0) is 22.7. The van der Waals surface area contributed by atoms with Gasteiger partial charge in [0.15, 0.2) is 5.96 Å². The van der Waals surface area contributed by atoms with Gasteiger partial charge in [-0.15, -0.1) is 0 Å². The Balaban J connectivity index is 1.30. The molecule has 5 unspecified atom stereocenters. The third-order valence-corrected chi connectivity index (χ3v) is 7.31. The Morgan fingerprint density at radius 2 is 1.69 bits per heavy atom.